The molecule has 13 heavy (non-hydrogen) atoms. The average Bonchev–Trinajstić information content (AvgIpc) is 2.10. The fraction of sp³-hybridized carbons (Fsp3) is 0.200. The van der Waals surface area contributed by atoms with E-state index in [2.05, 4.69) is 6.58 Å². The lowest BCUT2D eigenvalue weighted by Gasteiger charge is -2.06. The van der Waals surface area contributed by atoms with Gasteiger partial charge in [0.25, 0.3) is 0 Å². The summed E-state index contributed by atoms with van der Waals surface area (Å²) in [5, 5.41) is 0.121. The second-order valence-corrected chi connectivity index (χ2v) is 3.15. The maximum atomic E-state index is 13.3. The highest BCUT2D eigenvalue weighted by Gasteiger charge is 2.07. The summed E-state index contributed by atoms with van der Waals surface area (Å²) < 4.78 is 13.3. The summed E-state index contributed by atoms with van der Waals surface area (Å²) in [6.45, 7) is 4.20. The van der Waals surface area contributed by atoms with E-state index in [9.17, 15) is 4.39 Å². The highest BCUT2D eigenvalue weighted by molar-refractivity contribution is 6.30. The van der Waals surface area contributed by atoms with E-state index in [0.717, 1.165) is 0 Å². The summed E-state index contributed by atoms with van der Waals surface area (Å²) in [4.78, 5) is 0. The molecule has 3 heteroatoms. The summed E-state index contributed by atoms with van der Waals surface area (Å²) in [6, 6.07) is 4.86. The van der Waals surface area contributed by atoms with Crippen LogP contribution in [-0.2, 0) is 0 Å². The number of benzene rings is 1. The van der Waals surface area contributed by atoms with Gasteiger partial charge in [-0.1, -0.05) is 30.3 Å². The Morgan fingerprint density at radius 3 is 2.85 bits per heavy atom. The molecule has 2 N–H and O–H groups in total. The molecular formula is C10H11ClFN. The molecule has 0 aromatic heterocycles. The van der Waals surface area contributed by atoms with Gasteiger partial charge in [-0.15, -0.1) is 0 Å². The van der Waals surface area contributed by atoms with Gasteiger partial charge in [-0.3, -0.25) is 0 Å². The lowest BCUT2D eigenvalue weighted by molar-refractivity contribution is 0.623. The van der Waals surface area contributed by atoms with Crippen molar-refractivity contribution in [1.29, 1.82) is 0 Å². The molecule has 0 bridgehead atoms. The van der Waals surface area contributed by atoms with Crippen LogP contribution < -0.4 is 5.73 Å². The number of halogens is 2. The molecule has 70 valence electrons. The molecule has 0 atom stereocenters. The van der Waals surface area contributed by atoms with Crippen molar-refractivity contribution in [2.75, 3.05) is 6.54 Å². The van der Waals surface area contributed by atoms with Crippen LogP contribution in [0.2, 0.25) is 5.02 Å². The van der Waals surface area contributed by atoms with Crippen LogP contribution in [0.1, 0.15) is 12.0 Å². The predicted octanol–water partition coefficient (Wildman–Crippen LogP) is 2.84. The first-order valence-corrected chi connectivity index (χ1v) is 4.37. The number of rotatable bonds is 3. The van der Waals surface area contributed by atoms with Gasteiger partial charge in [0.2, 0.25) is 0 Å². The van der Waals surface area contributed by atoms with Gasteiger partial charge in [0, 0.05) is 5.56 Å². The summed E-state index contributed by atoms with van der Waals surface area (Å²) in [7, 11) is 0. The predicted molar refractivity (Wildman–Crippen MR) is 54.1 cm³/mol. The standard InChI is InChI=1S/C10H11ClFN/c1-7(5-6-13)8-3-2-4-9(11)10(8)12/h2-4H,1,5-6,13H2. The third-order valence-corrected chi connectivity index (χ3v) is 2.07. The minimum Gasteiger partial charge on any atom is -0.330 e. The molecule has 0 amide bonds. The summed E-state index contributed by atoms with van der Waals surface area (Å²) in [5.41, 5.74) is 6.48. The topological polar surface area (TPSA) is 26.0 Å². The van der Waals surface area contributed by atoms with E-state index in [-0.39, 0.29) is 5.02 Å². The highest BCUT2D eigenvalue weighted by atomic mass is 35.5. The zero-order valence-electron chi connectivity index (χ0n) is 7.19. The number of hydrogen-bond donors (Lipinski definition) is 1. The molecular weight excluding hydrogens is 189 g/mol. The van der Waals surface area contributed by atoms with E-state index in [0.29, 0.717) is 24.1 Å². The van der Waals surface area contributed by atoms with Crippen molar-refractivity contribution in [2.24, 2.45) is 5.73 Å². The lowest BCUT2D eigenvalue weighted by Crippen LogP contribution is -2.00. The molecule has 0 saturated carbocycles. The Labute approximate surface area is 82.0 Å². The molecule has 0 heterocycles. The Balaban J connectivity index is 3.01. The van der Waals surface area contributed by atoms with Crippen molar-refractivity contribution >= 4 is 17.2 Å². The van der Waals surface area contributed by atoms with E-state index in [1.807, 2.05) is 0 Å². The molecule has 1 aromatic rings. The Morgan fingerprint density at radius 1 is 1.54 bits per heavy atom. The largest absolute Gasteiger partial charge is 0.330 e. The fourth-order valence-electron chi connectivity index (χ4n) is 1.09. The Kier molecular flexibility index (Phi) is 3.46. The molecule has 0 aliphatic heterocycles. The SMILES string of the molecule is C=C(CCN)c1cccc(Cl)c1F. The van der Waals surface area contributed by atoms with E-state index >= 15 is 0 Å². The van der Waals surface area contributed by atoms with Crippen LogP contribution in [-0.4, -0.2) is 6.54 Å². The lowest BCUT2D eigenvalue weighted by atomic mass is 10.0. The molecule has 0 aliphatic carbocycles. The molecule has 0 radical (unpaired) electrons. The van der Waals surface area contributed by atoms with Crippen molar-refractivity contribution in [3.63, 3.8) is 0 Å². The quantitative estimate of drug-likeness (QED) is 0.796. The first-order chi connectivity index (χ1) is 6.16. The van der Waals surface area contributed by atoms with E-state index < -0.39 is 5.82 Å². The van der Waals surface area contributed by atoms with Gasteiger partial charge in [0.05, 0.1) is 5.02 Å². The van der Waals surface area contributed by atoms with E-state index in [1.165, 1.54) is 6.07 Å². The highest BCUT2D eigenvalue weighted by Crippen LogP contribution is 2.24. The molecule has 0 aliphatic rings. The second kappa shape index (κ2) is 4.40. The van der Waals surface area contributed by atoms with Crippen molar-refractivity contribution in [3.8, 4) is 0 Å². The monoisotopic (exact) mass is 199 g/mol. The molecule has 1 nitrogen and oxygen atoms in total. The average molecular weight is 200 g/mol. The van der Waals surface area contributed by atoms with Gasteiger partial charge < -0.3 is 5.73 Å². The van der Waals surface area contributed by atoms with Crippen molar-refractivity contribution < 1.29 is 4.39 Å². The van der Waals surface area contributed by atoms with Crippen LogP contribution in [0, 0.1) is 5.82 Å². The second-order valence-electron chi connectivity index (χ2n) is 2.74. The molecule has 0 unspecified atom stereocenters. The Bertz CT molecular complexity index is 323. The smallest absolute Gasteiger partial charge is 0.149 e. The summed E-state index contributed by atoms with van der Waals surface area (Å²) in [6.07, 6.45) is 0.581. The minimum absolute atomic E-state index is 0.121. The van der Waals surface area contributed by atoms with Crippen LogP contribution in [0.3, 0.4) is 0 Å². The fourth-order valence-corrected chi connectivity index (χ4v) is 1.26. The van der Waals surface area contributed by atoms with E-state index in [4.69, 9.17) is 17.3 Å². The van der Waals surface area contributed by atoms with E-state index in [1.54, 1.807) is 12.1 Å². The Hall–Kier alpha value is -0.860. The number of nitrogens with two attached hydrogens (primary N) is 1. The van der Waals surface area contributed by atoms with Crippen LogP contribution in [0.15, 0.2) is 24.8 Å². The van der Waals surface area contributed by atoms with Crippen LogP contribution in [0.4, 0.5) is 4.39 Å². The molecule has 0 fully saturated rings. The molecule has 1 rings (SSSR count). The van der Waals surface area contributed by atoms with Crippen LogP contribution in [0.5, 0.6) is 0 Å². The van der Waals surface area contributed by atoms with Gasteiger partial charge in [-0.2, -0.15) is 0 Å². The maximum Gasteiger partial charge on any atom is 0.149 e. The molecule has 1 aromatic carbocycles. The number of hydrogen-bond acceptors (Lipinski definition) is 1. The van der Waals surface area contributed by atoms with Crippen molar-refractivity contribution in [3.05, 3.63) is 41.2 Å². The van der Waals surface area contributed by atoms with Crippen molar-refractivity contribution in [2.45, 2.75) is 6.42 Å². The van der Waals surface area contributed by atoms with Crippen molar-refractivity contribution in [1.82, 2.24) is 0 Å². The van der Waals surface area contributed by atoms with Crippen LogP contribution in [0.25, 0.3) is 5.57 Å². The molecule has 0 saturated heterocycles. The van der Waals surface area contributed by atoms with Gasteiger partial charge >= 0.3 is 0 Å². The summed E-state index contributed by atoms with van der Waals surface area (Å²) in [5.74, 6) is -0.414. The normalized spacial score (nSPS) is 10.1. The third-order valence-electron chi connectivity index (χ3n) is 1.78. The minimum atomic E-state index is -0.414. The summed E-state index contributed by atoms with van der Waals surface area (Å²) >= 11 is 5.61. The van der Waals surface area contributed by atoms with Crippen LogP contribution >= 0.6 is 11.6 Å². The zero-order valence-corrected chi connectivity index (χ0v) is 7.94. The van der Waals surface area contributed by atoms with Gasteiger partial charge in [0.1, 0.15) is 5.82 Å². The maximum absolute atomic E-state index is 13.3. The zero-order chi connectivity index (χ0) is 9.84. The first-order valence-electron chi connectivity index (χ1n) is 3.99. The van der Waals surface area contributed by atoms with Gasteiger partial charge in [-0.25, -0.2) is 4.39 Å². The third kappa shape index (κ3) is 2.29. The first kappa shape index (κ1) is 10.2. The van der Waals surface area contributed by atoms with Gasteiger partial charge in [-0.05, 0) is 24.6 Å². The van der Waals surface area contributed by atoms with Gasteiger partial charge in [0.15, 0.2) is 0 Å². The molecule has 0 spiro atoms. The Morgan fingerprint density at radius 2 is 2.23 bits per heavy atom.